The first-order chi connectivity index (χ1) is 16.2. The summed E-state index contributed by atoms with van der Waals surface area (Å²) in [6.07, 6.45) is 39.6. The van der Waals surface area contributed by atoms with E-state index in [1.165, 1.54) is 63.4 Å². The van der Waals surface area contributed by atoms with Gasteiger partial charge in [0.1, 0.15) is 5.84 Å². The van der Waals surface area contributed by atoms with E-state index in [1.54, 1.807) is 0 Å². The molecule has 3 heteroatoms. The van der Waals surface area contributed by atoms with Crippen molar-refractivity contribution in [3.05, 3.63) is 95.7 Å². The van der Waals surface area contributed by atoms with Gasteiger partial charge in [0.05, 0.1) is 5.71 Å². The largest absolute Gasteiger partial charge is 0.382 e. The van der Waals surface area contributed by atoms with Gasteiger partial charge in [-0.1, -0.05) is 124 Å². The number of nitrogens with two attached hydrogens (primary N) is 1. The summed E-state index contributed by atoms with van der Waals surface area (Å²) in [5.41, 5.74) is 9.74. The van der Waals surface area contributed by atoms with Crippen LogP contribution in [0.25, 0.3) is 0 Å². The Morgan fingerprint density at radius 2 is 1.27 bits per heavy atom. The normalized spacial score (nSPS) is 36.5. The number of hydrogen-bond donors (Lipinski definition) is 1. The monoisotopic (exact) mass is 439 g/mol. The molecular weight excluding hydrogens is 402 g/mol. The van der Waals surface area contributed by atoms with Crippen LogP contribution in [-0.2, 0) is 0 Å². The average Bonchev–Trinajstić information content (AvgIpc) is 3.07. The molecule has 3 aliphatic carbocycles. The zero-order valence-electron chi connectivity index (χ0n) is 19.9. The van der Waals surface area contributed by atoms with Gasteiger partial charge in [0.2, 0.25) is 5.66 Å². The summed E-state index contributed by atoms with van der Waals surface area (Å²) in [5, 5.41) is 0. The van der Waals surface area contributed by atoms with Crippen LogP contribution >= 0.6 is 0 Å². The van der Waals surface area contributed by atoms with Crippen LogP contribution in [0.4, 0.5) is 0 Å². The zero-order chi connectivity index (χ0) is 22.9. The highest BCUT2D eigenvalue weighted by atomic mass is 15.2. The molecular formula is C30H37N3. The third-order valence-corrected chi connectivity index (χ3v) is 6.97. The molecule has 2 N–H and O–H groups in total. The highest BCUT2D eigenvalue weighted by Gasteiger charge is 2.40. The summed E-state index contributed by atoms with van der Waals surface area (Å²) in [6, 6.07) is 0. The van der Waals surface area contributed by atoms with E-state index >= 15 is 0 Å². The Bertz CT molecular complexity index is 993. The summed E-state index contributed by atoms with van der Waals surface area (Å²) in [5.74, 6) is 1.09. The first kappa shape index (κ1) is 23.2. The Kier molecular flexibility index (Phi) is 7.93. The molecule has 0 aromatic carbocycles. The van der Waals surface area contributed by atoms with Crippen LogP contribution in [0.2, 0.25) is 0 Å². The van der Waals surface area contributed by atoms with Gasteiger partial charge in [0.25, 0.3) is 0 Å². The molecule has 33 heavy (non-hydrogen) atoms. The first-order valence-corrected chi connectivity index (χ1v) is 12.6. The summed E-state index contributed by atoms with van der Waals surface area (Å²) < 4.78 is 0. The van der Waals surface area contributed by atoms with E-state index in [1.807, 2.05) is 25.2 Å². The Morgan fingerprint density at radius 3 is 1.97 bits per heavy atom. The van der Waals surface area contributed by atoms with Crippen LogP contribution < -0.4 is 5.73 Å². The molecule has 0 spiro atoms. The van der Waals surface area contributed by atoms with Crippen molar-refractivity contribution in [1.82, 2.24) is 0 Å². The molecule has 172 valence electrons. The second-order valence-electron chi connectivity index (χ2n) is 9.38. The standard InChI is InChI=1S/C30H37N3/c1-24-29(31)33-30(32-24,27-20-14-8-5-9-15-21-27)28-22-16-10-13-19-26(23-28)25-17-11-6-3-2-4-7-12-18-25/h5,8-10,13-16,19-23,25H,2-4,6-7,11-12,17-18H2,1H3,(H2,31,33)/b8-5-,9-5?,13-10?,14-8?,15-9-,16-10-,19-13-,20-14-,21-15?,22-16?,26-19?,26-23+,27-20?,27-21+,28-22+,28-23?. The van der Waals surface area contributed by atoms with Gasteiger partial charge >= 0.3 is 0 Å². The van der Waals surface area contributed by atoms with Crippen LogP contribution in [0, 0.1) is 5.92 Å². The lowest BCUT2D eigenvalue weighted by Crippen LogP contribution is -2.28. The number of nitrogens with zero attached hydrogens (tertiary/aromatic N) is 2. The maximum atomic E-state index is 6.31. The molecule has 1 atom stereocenters. The van der Waals surface area contributed by atoms with Gasteiger partial charge < -0.3 is 5.73 Å². The van der Waals surface area contributed by atoms with Crippen LogP contribution in [0.1, 0.15) is 64.7 Å². The maximum Gasteiger partial charge on any atom is 0.204 e. The lowest BCUT2D eigenvalue weighted by Gasteiger charge is -2.28. The molecule has 1 unspecified atom stereocenters. The van der Waals surface area contributed by atoms with Gasteiger partial charge in [-0.3, -0.25) is 0 Å². The SMILES string of the molecule is CC1=NC(C2=C/C=C\C=C/C=C\2)(C2=C/C=C\C=C/C(C3CCCCCCCCC3)=C\2)N=C1N. The van der Waals surface area contributed by atoms with Gasteiger partial charge in [-0.2, -0.15) is 0 Å². The number of rotatable bonds is 3. The maximum absolute atomic E-state index is 6.31. The summed E-state index contributed by atoms with van der Waals surface area (Å²) >= 11 is 0. The highest BCUT2D eigenvalue weighted by molar-refractivity contribution is 6.41. The summed E-state index contributed by atoms with van der Waals surface area (Å²) in [7, 11) is 0. The lowest BCUT2D eigenvalue weighted by molar-refractivity contribution is 0.434. The fraction of sp³-hybridized carbons (Fsp3) is 0.400. The van der Waals surface area contributed by atoms with Gasteiger partial charge in [0, 0.05) is 11.1 Å². The molecule has 4 rings (SSSR count). The lowest BCUT2D eigenvalue weighted by atomic mass is 9.82. The van der Waals surface area contributed by atoms with E-state index in [0.29, 0.717) is 11.8 Å². The number of aliphatic imine (C=N–C) groups is 2. The predicted octanol–water partition coefficient (Wildman–Crippen LogP) is 7.24. The highest BCUT2D eigenvalue weighted by Crippen LogP contribution is 2.40. The zero-order valence-corrected chi connectivity index (χ0v) is 19.9. The van der Waals surface area contributed by atoms with Crippen molar-refractivity contribution in [2.75, 3.05) is 0 Å². The molecule has 0 radical (unpaired) electrons. The Labute approximate surface area is 199 Å². The topological polar surface area (TPSA) is 50.7 Å². The quantitative estimate of drug-likeness (QED) is 0.495. The van der Waals surface area contributed by atoms with Crippen molar-refractivity contribution in [3.63, 3.8) is 0 Å². The van der Waals surface area contributed by atoms with E-state index in [4.69, 9.17) is 15.7 Å². The van der Waals surface area contributed by atoms with Crippen molar-refractivity contribution in [1.29, 1.82) is 0 Å². The average molecular weight is 440 g/mol. The van der Waals surface area contributed by atoms with Crippen molar-refractivity contribution in [2.24, 2.45) is 21.6 Å². The van der Waals surface area contributed by atoms with Crippen LogP contribution in [0.3, 0.4) is 0 Å². The number of hydrogen-bond acceptors (Lipinski definition) is 3. The Balaban J connectivity index is 1.76. The third-order valence-electron chi connectivity index (χ3n) is 6.97. The summed E-state index contributed by atoms with van der Waals surface area (Å²) in [4.78, 5) is 10.0. The molecule has 1 aliphatic heterocycles. The molecule has 0 saturated heterocycles. The number of allylic oxidation sites excluding steroid dienone is 12. The number of amidine groups is 1. The van der Waals surface area contributed by atoms with E-state index in [0.717, 1.165) is 16.9 Å². The van der Waals surface area contributed by atoms with Crippen LogP contribution in [0.5, 0.6) is 0 Å². The smallest absolute Gasteiger partial charge is 0.204 e. The molecule has 0 aromatic rings. The van der Waals surface area contributed by atoms with E-state index in [-0.39, 0.29) is 0 Å². The van der Waals surface area contributed by atoms with Crippen LogP contribution in [-0.4, -0.2) is 17.2 Å². The van der Waals surface area contributed by atoms with E-state index < -0.39 is 5.66 Å². The van der Waals surface area contributed by atoms with Gasteiger partial charge in [-0.05, 0) is 31.3 Å². The molecule has 0 bridgehead atoms. The summed E-state index contributed by atoms with van der Waals surface area (Å²) in [6.45, 7) is 1.95. The second-order valence-corrected chi connectivity index (χ2v) is 9.38. The third kappa shape index (κ3) is 5.71. The molecule has 0 amide bonds. The van der Waals surface area contributed by atoms with Crippen molar-refractivity contribution in [3.8, 4) is 0 Å². The van der Waals surface area contributed by atoms with Gasteiger partial charge in [0.15, 0.2) is 0 Å². The van der Waals surface area contributed by atoms with E-state index in [2.05, 4.69) is 60.8 Å². The molecule has 4 aliphatic rings. The van der Waals surface area contributed by atoms with Crippen LogP contribution in [0.15, 0.2) is 106 Å². The first-order valence-electron chi connectivity index (χ1n) is 12.6. The van der Waals surface area contributed by atoms with Gasteiger partial charge in [-0.25, -0.2) is 9.98 Å². The predicted molar refractivity (Wildman–Crippen MR) is 142 cm³/mol. The van der Waals surface area contributed by atoms with Crippen molar-refractivity contribution in [2.45, 2.75) is 70.4 Å². The minimum absolute atomic E-state index is 0.516. The van der Waals surface area contributed by atoms with Crippen molar-refractivity contribution < 1.29 is 0 Å². The minimum Gasteiger partial charge on any atom is -0.382 e. The Hall–Kier alpha value is -2.94. The molecule has 1 saturated carbocycles. The van der Waals surface area contributed by atoms with Crippen molar-refractivity contribution >= 4 is 11.5 Å². The minimum atomic E-state index is -0.850. The van der Waals surface area contributed by atoms with Gasteiger partial charge in [-0.15, -0.1) is 0 Å². The molecule has 1 heterocycles. The fourth-order valence-electron chi connectivity index (χ4n) is 5.08. The Morgan fingerprint density at radius 1 is 0.697 bits per heavy atom. The molecule has 0 aromatic heterocycles. The van der Waals surface area contributed by atoms with E-state index in [9.17, 15) is 0 Å². The molecule has 3 nitrogen and oxygen atoms in total. The second kappa shape index (κ2) is 11.3. The molecule has 1 fully saturated rings. The fourth-order valence-corrected chi connectivity index (χ4v) is 5.08.